The molecule has 0 bridgehead atoms. The smallest absolute Gasteiger partial charge is 0.269 e. The van der Waals surface area contributed by atoms with E-state index in [1.165, 1.54) is 12.1 Å². The fraction of sp³-hybridized carbons (Fsp3) is 0.368. The number of nitrogens with zero attached hydrogens (tertiary/aromatic N) is 1. The Morgan fingerprint density at radius 1 is 1.17 bits per heavy atom. The van der Waals surface area contributed by atoms with Gasteiger partial charge < -0.3 is 10.6 Å². The molecule has 24 heavy (non-hydrogen) atoms. The van der Waals surface area contributed by atoms with Crippen molar-refractivity contribution in [2.45, 2.75) is 26.7 Å². The Bertz CT molecular complexity index is 656. The molecule has 0 unspecified atom stereocenters. The van der Waals surface area contributed by atoms with E-state index in [2.05, 4.69) is 29.5 Å². The molecule has 0 aliphatic rings. The zero-order chi connectivity index (χ0) is 17.4. The molecule has 1 heterocycles. The molecule has 1 aromatic carbocycles. The number of carbonyl (C=O) groups is 1. The van der Waals surface area contributed by atoms with Crippen LogP contribution in [0.3, 0.4) is 0 Å². The molecule has 128 valence electrons. The van der Waals surface area contributed by atoms with Gasteiger partial charge in [0.05, 0.1) is 0 Å². The minimum Gasteiger partial charge on any atom is -0.385 e. The van der Waals surface area contributed by atoms with E-state index in [0.29, 0.717) is 24.6 Å². The number of aromatic nitrogens is 1. The van der Waals surface area contributed by atoms with Gasteiger partial charge in [-0.1, -0.05) is 26.0 Å². The van der Waals surface area contributed by atoms with Gasteiger partial charge in [0.2, 0.25) is 0 Å². The van der Waals surface area contributed by atoms with Crippen molar-refractivity contribution < 1.29 is 9.18 Å². The molecule has 0 fully saturated rings. The minimum absolute atomic E-state index is 0.204. The summed E-state index contributed by atoms with van der Waals surface area (Å²) in [5.74, 6) is 0.173. The Morgan fingerprint density at radius 3 is 2.62 bits per heavy atom. The molecule has 0 saturated heterocycles. The fourth-order valence-electron chi connectivity index (χ4n) is 2.23. The lowest BCUT2D eigenvalue weighted by Gasteiger charge is -2.10. The van der Waals surface area contributed by atoms with Crippen LogP contribution in [0.5, 0.6) is 0 Å². The predicted octanol–water partition coefficient (Wildman–Crippen LogP) is 3.65. The molecule has 0 atom stereocenters. The molecule has 0 aliphatic heterocycles. The monoisotopic (exact) mass is 329 g/mol. The molecule has 0 spiro atoms. The van der Waals surface area contributed by atoms with Crippen LogP contribution in [-0.4, -0.2) is 24.0 Å². The maximum absolute atomic E-state index is 12.8. The number of nitrogens with one attached hydrogen (secondary N) is 2. The van der Waals surface area contributed by atoms with Crippen molar-refractivity contribution >= 4 is 11.6 Å². The summed E-state index contributed by atoms with van der Waals surface area (Å²) in [6.07, 6.45) is 3.35. The highest BCUT2D eigenvalue weighted by Gasteiger charge is 2.07. The van der Waals surface area contributed by atoms with E-state index in [0.717, 1.165) is 24.2 Å². The van der Waals surface area contributed by atoms with Crippen molar-refractivity contribution in [1.29, 1.82) is 0 Å². The van der Waals surface area contributed by atoms with E-state index in [1.807, 2.05) is 6.07 Å². The summed E-state index contributed by atoms with van der Waals surface area (Å²) in [5, 5.41) is 6.14. The summed E-state index contributed by atoms with van der Waals surface area (Å²) in [5.41, 5.74) is 2.27. The summed E-state index contributed by atoms with van der Waals surface area (Å²) in [6.45, 7) is 5.70. The Hall–Kier alpha value is -2.43. The Balaban J connectivity index is 1.82. The van der Waals surface area contributed by atoms with Crippen molar-refractivity contribution in [3.05, 3.63) is 59.7 Å². The summed E-state index contributed by atoms with van der Waals surface area (Å²) in [4.78, 5) is 16.3. The van der Waals surface area contributed by atoms with Crippen LogP contribution in [0.25, 0.3) is 0 Å². The van der Waals surface area contributed by atoms with Crippen LogP contribution in [-0.2, 0) is 6.42 Å². The number of pyridine rings is 1. The van der Waals surface area contributed by atoms with Gasteiger partial charge in [-0.05, 0) is 48.6 Å². The van der Waals surface area contributed by atoms with Gasteiger partial charge in [-0.3, -0.25) is 9.78 Å². The highest BCUT2D eigenvalue weighted by atomic mass is 19.1. The third-order valence-corrected chi connectivity index (χ3v) is 3.66. The van der Waals surface area contributed by atoms with E-state index in [-0.39, 0.29) is 11.7 Å². The van der Waals surface area contributed by atoms with Crippen molar-refractivity contribution in [2.24, 2.45) is 5.92 Å². The van der Waals surface area contributed by atoms with Gasteiger partial charge in [0, 0.05) is 25.0 Å². The Labute approximate surface area is 142 Å². The maximum Gasteiger partial charge on any atom is 0.269 e. The van der Waals surface area contributed by atoms with Gasteiger partial charge in [0.25, 0.3) is 5.91 Å². The van der Waals surface area contributed by atoms with Gasteiger partial charge >= 0.3 is 0 Å². The van der Waals surface area contributed by atoms with E-state index in [4.69, 9.17) is 0 Å². The number of hydrogen-bond acceptors (Lipinski definition) is 3. The second-order valence-corrected chi connectivity index (χ2v) is 6.17. The van der Waals surface area contributed by atoms with Gasteiger partial charge in [-0.2, -0.15) is 0 Å². The number of hydrogen-bond donors (Lipinski definition) is 2. The van der Waals surface area contributed by atoms with Crippen LogP contribution in [0, 0.1) is 11.7 Å². The average Bonchev–Trinajstić information content (AvgIpc) is 2.56. The molecule has 1 aromatic heterocycles. The molecule has 2 rings (SSSR count). The lowest BCUT2D eigenvalue weighted by atomic mass is 10.1. The second-order valence-electron chi connectivity index (χ2n) is 6.17. The second kappa shape index (κ2) is 9.01. The van der Waals surface area contributed by atoms with Crippen LogP contribution in [0.1, 0.15) is 36.3 Å². The normalized spacial score (nSPS) is 10.7. The van der Waals surface area contributed by atoms with Crippen molar-refractivity contribution in [3.8, 4) is 0 Å². The molecule has 2 N–H and O–H groups in total. The number of rotatable bonds is 8. The number of anilines is 1. The van der Waals surface area contributed by atoms with Crippen LogP contribution >= 0.6 is 0 Å². The zero-order valence-electron chi connectivity index (χ0n) is 14.2. The number of benzene rings is 1. The first-order valence-corrected chi connectivity index (χ1v) is 8.27. The third-order valence-electron chi connectivity index (χ3n) is 3.66. The van der Waals surface area contributed by atoms with Gasteiger partial charge in [-0.15, -0.1) is 0 Å². The molecule has 1 amide bonds. The summed E-state index contributed by atoms with van der Waals surface area (Å²) < 4.78 is 12.8. The molecule has 0 aliphatic carbocycles. The molecule has 0 radical (unpaired) electrons. The van der Waals surface area contributed by atoms with E-state index in [1.54, 1.807) is 24.4 Å². The van der Waals surface area contributed by atoms with Crippen LogP contribution in [0.15, 0.2) is 42.6 Å². The Morgan fingerprint density at radius 2 is 1.92 bits per heavy atom. The minimum atomic E-state index is -0.256. The quantitative estimate of drug-likeness (QED) is 0.777. The van der Waals surface area contributed by atoms with E-state index in [9.17, 15) is 9.18 Å². The predicted molar refractivity (Wildman–Crippen MR) is 94.6 cm³/mol. The molecule has 2 aromatic rings. The largest absolute Gasteiger partial charge is 0.385 e. The van der Waals surface area contributed by atoms with Gasteiger partial charge in [0.15, 0.2) is 0 Å². The van der Waals surface area contributed by atoms with Crippen molar-refractivity contribution in [3.63, 3.8) is 0 Å². The number of carbonyl (C=O) groups excluding carboxylic acids is 1. The first kappa shape index (κ1) is 17.9. The lowest BCUT2D eigenvalue weighted by Crippen LogP contribution is -2.26. The van der Waals surface area contributed by atoms with E-state index >= 15 is 0 Å². The first-order chi connectivity index (χ1) is 11.5. The van der Waals surface area contributed by atoms with Crippen LogP contribution in [0.2, 0.25) is 0 Å². The van der Waals surface area contributed by atoms with Crippen LogP contribution < -0.4 is 10.6 Å². The first-order valence-electron chi connectivity index (χ1n) is 8.27. The highest BCUT2D eigenvalue weighted by Crippen LogP contribution is 2.09. The van der Waals surface area contributed by atoms with Crippen LogP contribution in [0.4, 0.5) is 10.1 Å². The van der Waals surface area contributed by atoms with Crippen molar-refractivity contribution in [1.82, 2.24) is 10.3 Å². The summed E-state index contributed by atoms with van der Waals surface area (Å²) >= 11 is 0. The standard InChI is InChI=1S/C19H24FN3O/c1-14(2)7-10-21-17-9-12-22-18(13-17)19(24)23-11-8-15-3-5-16(20)6-4-15/h3-6,9,12-14H,7-8,10-11H2,1-2H3,(H,21,22)(H,23,24). The SMILES string of the molecule is CC(C)CCNc1ccnc(C(=O)NCCc2ccc(F)cc2)c1. The topological polar surface area (TPSA) is 54.0 Å². The lowest BCUT2D eigenvalue weighted by molar-refractivity contribution is 0.0949. The van der Waals surface area contributed by atoms with Crippen molar-refractivity contribution in [2.75, 3.05) is 18.4 Å². The van der Waals surface area contributed by atoms with E-state index < -0.39 is 0 Å². The molecular formula is C19H24FN3O. The molecule has 5 heteroatoms. The summed E-state index contributed by atoms with van der Waals surface area (Å²) in [7, 11) is 0. The van der Waals surface area contributed by atoms with Gasteiger partial charge in [-0.25, -0.2) is 4.39 Å². The highest BCUT2D eigenvalue weighted by molar-refractivity contribution is 5.93. The molecule has 0 saturated carbocycles. The van der Waals surface area contributed by atoms with Gasteiger partial charge in [0.1, 0.15) is 11.5 Å². The molecular weight excluding hydrogens is 305 g/mol. The average molecular weight is 329 g/mol. The zero-order valence-corrected chi connectivity index (χ0v) is 14.2. The Kier molecular flexibility index (Phi) is 6.73. The fourth-order valence-corrected chi connectivity index (χ4v) is 2.23. The maximum atomic E-state index is 12.8. The number of amides is 1. The summed E-state index contributed by atoms with van der Waals surface area (Å²) in [6, 6.07) is 9.90. The molecule has 4 nitrogen and oxygen atoms in total. The number of halogens is 1. The third kappa shape index (κ3) is 5.99.